The van der Waals surface area contributed by atoms with Crippen LogP contribution in [0.1, 0.15) is 18.9 Å². The van der Waals surface area contributed by atoms with Crippen LogP contribution < -0.4 is 5.32 Å². The molecule has 1 aliphatic rings. The number of likely N-dealkylation sites (N-methyl/N-ethyl adjacent to an activating group) is 1. The van der Waals surface area contributed by atoms with Crippen LogP contribution in [0.2, 0.25) is 0 Å². The Hall–Kier alpha value is -0.860. The lowest BCUT2D eigenvalue weighted by molar-refractivity contribution is 0.150. The Morgan fingerprint density at radius 1 is 1.29 bits per heavy atom. The standard InChI is InChI=1S/C15H24N2/c1-13-12-16-10-8-15(13)17(2)11-9-14-6-4-3-5-7-14/h3-7,13,15-16H,8-12H2,1-2H3. The number of nitrogens with one attached hydrogen (secondary N) is 1. The molecule has 2 unspecified atom stereocenters. The first-order valence-corrected chi connectivity index (χ1v) is 6.72. The zero-order chi connectivity index (χ0) is 12.1. The van der Waals surface area contributed by atoms with Crippen LogP contribution in [0.4, 0.5) is 0 Å². The predicted molar refractivity (Wildman–Crippen MR) is 73.2 cm³/mol. The van der Waals surface area contributed by atoms with E-state index in [4.69, 9.17) is 0 Å². The number of hydrogen-bond acceptors (Lipinski definition) is 2. The van der Waals surface area contributed by atoms with Gasteiger partial charge in [-0.15, -0.1) is 0 Å². The second kappa shape index (κ2) is 6.18. The summed E-state index contributed by atoms with van der Waals surface area (Å²) >= 11 is 0. The Bertz CT molecular complexity index is 323. The van der Waals surface area contributed by atoms with Gasteiger partial charge in [0.05, 0.1) is 0 Å². The fraction of sp³-hybridized carbons (Fsp3) is 0.600. The molecule has 0 bridgehead atoms. The summed E-state index contributed by atoms with van der Waals surface area (Å²) in [5.41, 5.74) is 1.45. The van der Waals surface area contributed by atoms with Crippen LogP contribution in [0.25, 0.3) is 0 Å². The molecule has 0 aliphatic carbocycles. The highest BCUT2D eigenvalue weighted by molar-refractivity contribution is 5.14. The first-order chi connectivity index (χ1) is 8.27. The van der Waals surface area contributed by atoms with Crippen molar-refractivity contribution >= 4 is 0 Å². The molecule has 2 heteroatoms. The van der Waals surface area contributed by atoms with Gasteiger partial charge in [0.2, 0.25) is 0 Å². The van der Waals surface area contributed by atoms with Crippen LogP contribution in [-0.4, -0.2) is 37.6 Å². The smallest absolute Gasteiger partial charge is 0.0142 e. The van der Waals surface area contributed by atoms with E-state index in [9.17, 15) is 0 Å². The topological polar surface area (TPSA) is 15.3 Å². The minimum atomic E-state index is 0.750. The third-order valence-corrected chi connectivity index (χ3v) is 3.90. The summed E-state index contributed by atoms with van der Waals surface area (Å²) in [6.45, 7) is 5.86. The average Bonchev–Trinajstić information content (AvgIpc) is 2.38. The zero-order valence-electron chi connectivity index (χ0n) is 11.0. The summed E-state index contributed by atoms with van der Waals surface area (Å²) in [5.74, 6) is 0.768. The van der Waals surface area contributed by atoms with Crippen LogP contribution in [0.5, 0.6) is 0 Å². The monoisotopic (exact) mass is 232 g/mol. The van der Waals surface area contributed by atoms with Gasteiger partial charge >= 0.3 is 0 Å². The number of hydrogen-bond donors (Lipinski definition) is 1. The first kappa shape index (κ1) is 12.6. The molecule has 0 spiro atoms. The van der Waals surface area contributed by atoms with Crippen LogP contribution in [-0.2, 0) is 6.42 Å². The molecule has 0 saturated carbocycles. The second-order valence-corrected chi connectivity index (χ2v) is 5.25. The number of nitrogens with zero attached hydrogens (tertiary/aromatic N) is 1. The number of piperidine rings is 1. The van der Waals surface area contributed by atoms with Crippen LogP contribution in [0, 0.1) is 5.92 Å². The fourth-order valence-electron chi connectivity index (χ4n) is 2.77. The van der Waals surface area contributed by atoms with E-state index in [0.29, 0.717) is 0 Å². The van der Waals surface area contributed by atoms with E-state index < -0.39 is 0 Å². The molecule has 0 amide bonds. The molecule has 1 saturated heterocycles. The maximum Gasteiger partial charge on any atom is 0.0142 e. The van der Waals surface area contributed by atoms with Gasteiger partial charge in [-0.05, 0) is 44.5 Å². The molecular formula is C15H24N2. The number of benzene rings is 1. The maximum atomic E-state index is 3.47. The summed E-state index contributed by atoms with van der Waals surface area (Å²) in [5, 5.41) is 3.47. The quantitative estimate of drug-likeness (QED) is 0.856. The molecule has 2 nitrogen and oxygen atoms in total. The van der Waals surface area contributed by atoms with Crippen LogP contribution in [0.15, 0.2) is 30.3 Å². The highest BCUT2D eigenvalue weighted by Crippen LogP contribution is 2.16. The van der Waals surface area contributed by atoms with Crippen molar-refractivity contribution in [1.82, 2.24) is 10.2 Å². The molecule has 0 radical (unpaired) electrons. The molecule has 1 aliphatic heterocycles. The van der Waals surface area contributed by atoms with Gasteiger partial charge in [0, 0.05) is 12.6 Å². The summed E-state index contributed by atoms with van der Waals surface area (Å²) in [4.78, 5) is 2.54. The van der Waals surface area contributed by atoms with E-state index in [1.807, 2.05) is 0 Å². The van der Waals surface area contributed by atoms with Crippen molar-refractivity contribution in [3.63, 3.8) is 0 Å². The summed E-state index contributed by atoms with van der Waals surface area (Å²) in [6.07, 6.45) is 2.44. The first-order valence-electron chi connectivity index (χ1n) is 6.72. The molecule has 2 rings (SSSR count). The molecule has 1 N–H and O–H groups in total. The highest BCUT2D eigenvalue weighted by Gasteiger charge is 2.24. The minimum absolute atomic E-state index is 0.750. The second-order valence-electron chi connectivity index (χ2n) is 5.25. The summed E-state index contributed by atoms with van der Waals surface area (Å²) < 4.78 is 0. The fourth-order valence-corrected chi connectivity index (χ4v) is 2.77. The Kier molecular flexibility index (Phi) is 4.57. The largest absolute Gasteiger partial charge is 0.316 e. The summed E-state index contributed by atoms with van der Waals surface area (Å²) in [6, 6.07) is 11.5. The Morgan fingerprint density at radius 3 is 2.76 bits per heavy atom. The van der Waals surface area contributed by atoms with Crippen molar-refractivity contribution in [3.05, 3.63) is 35.9 Å². The lowest BCUT2D eigenvalue weighted by atomic mass is 9.94. The van der Waals surface area contributed by atoms with Crippen molar-refractivity contribution < 1.29 is 0 Å². The van der Waals surface area contributed by atoms with Gasteiger partial charge in [0.25, 0.3) is 0 Å². The molecule has 1 fully saturated rings. The normalized spacial score (nSPS) is 25.1. The third kappa shape index (κ3) is 3.55. The molecule has 1 heterocycles. The number of rotatable bonds is 4. The molecule has 2 atom stereocenters. The van der Waals surface area contributed by atoms with E-state index in [-0.39, 0.29) is 0 Å². The van der Waals surface area contributed by atoms with Gasteiger partial charge in [-0.3, -0.25) is 0 Å². The molecule has 94 valence electrons. The highest BCUT2D eigenvalue weighted by atomic mass is 15.1. The molecule has 1 aromatic rings. The van der Waals surface area contributed by atoms with Gasteiger partial charge in [-0.1, -0.05) is 37.3 Å². The van der Waals surface area contributed by atoms with E-state index in [1.54, 1.807) is 0 Å². The molecular weight excluding hydrogens is 208 g/mol. The van der Waals surface area contributed by atoms with Crippen molar-refractivity contribution in [2.45, 2.75) is 25.8 Å². The van der Waals surface area contributed by atoms with Crippen LogP contribution in [0.3, 0.4) is 0 Å². The van der Waals surface area contributed by atoms with Gasteiger partial charge in [-0.2, -0.15) is 0 Å². The van der Waals surface area contributed by atoms with E-state index >= 15 is 0 Å². The molecule has 17 heavy (non-hydrogen) atoms. The van der Waals surface area contributed by atoms with Gasteiger partial charge in [0.1, 0.15) is 0 Å². The Morgan fingerprint density at radius 2 is 2.06 bits per heavy atom. The summed E-state index contributed by atoms with van der Waals surface area (Å²) in [7, 11) is 2.27. The van der Waals surface area contributed by atoms with Crippen molar-refractivity contribution in [2.24, 2.45) is 5.92 Å². The zero-order valence-corrected chi connectivity index (χ0v) is 11.0. The van der Waals surface area contributed by atoms with Crippen molar-refractivity contribution in [2.75, 3.05) is 26.7 Å². The van der Waals surface area contributed by atoms with Gasteiger partial charge in [0.15, 0.2) is 0 Å². The van der Waals surface area contributed by atoms with Crippen LogP contribution >= 0.6 is 0 Å². The maximum absolute atomic E-state index is 3.47. The van der Waals surface area contributed by atoms with Crippen molar-refractivity contribution in [1.29, 1.82) is 0 Å². The predicted octanol–water partition coefficient (Wildman–Crippen LogP) is 2.16. The lowest BCUT2D eigenvalue weighted by Gasteiger charge is -2.36. The molecule has 0 aromatic heterocycles. The van der Waals surface area contributed by atoms with Gasteiger partial charge < -0.3 is 10.2 Å². The Balaban J connectivity index is 1.82. The van der Waals surface area contributed by atoms with E-state index in [0.717, 1.165) is 18.4 Å². The third-order valence-electron chi connectivity index (χ3n) is 3.90. The SMILES string of the molecule is CC1CNCCC1N(C)CCc1ccccc1. The Labute approximate surface area is 105 Å². The van der Waals surface area contributed by atoms with E-state index in [2.05, 4.69) is 54.5 Å². The lowest BCUT2D eigenvalue weighted by Crippen LogP contribution is -2.47. The van der Waals surface area contributed by atoms with Gasteiger partial charge in [-0.25, -0.2) is 0 Å². The van der Waals surface area contributed by atoms with E-state index in [1.165, 1.54) is 31.6 Å². The average molecular weight is 232 g/mol. The minimum Gasteiger partial charge on any atom is -0.316 e. The molecule has 1 aromatic carbocycles. The van der Waals surface area contributed by atoms with Crippen molar-refractivity contribution in [3.8, 4) is 0 Å².